The third-order valence-corrected chi connectivity index (χ3v) is 8.32. The van der Waals surface area contributed by atoms with E-state index < -0.39 is 27.7 Å². The van der Waals surface area contributed by atoms with Crippen LogP contribution in [0.2, 0.25) is 5.02 Å². The van der Waals surface area contributed by atoms with Gasteiger partial charge in [-0.3, -0.25) is 15.0 Å². The Kier molecular flexibility index (Phi) is 10.7. The molecule has 0 radical (unpaired) electrons. The monoisotopic (exact) mass is 603 g/mol. The molecule has 0 aliphatic heterocycles. The maximum atomic E-state index is 12.7. The van der Waals surface area contributed by atoms with Crippen LogP contribution in [0.4, 0.5) is 19.0 Å². The molecule has 3 aromatic rings. The number of hydrogen-bond acceptors (Lipinski definition) is 7. The molecule has 3 rings (SSSR count). The van der Waals surface area contributed by atoms with Crippen LogP contribution in [0, 0.1) is 0 Å². The summed E-state index contributed by atoms with van der Waals surface area (Å²) < 4.78 is 62.9. The number of benzene rings is 1. The van der Waals surface area contributed by atoms with Gasteiger partial charge < -0.3 is 10.6 Å². The van der Waals surface area contributed by atoms with Gasteiger partial charge in [-0.05, 0) is 36.6 Å². The molecule has 0 saturated heterocycles. The molecule has 0 bridgehead atoms. The van der Waals surface area contributed by atoms with Crippen LogP contribution in [0.15, 0.2) is 58.9 Å². The fourth-order valence-corrected chi connectivity index (χ4v) is 5.58. The van der Waals surface area contributed by atoms with Gasteiger partial charge >= 0.3 is 6.18 Å². The van der Waals surface area contributed by atoms with Crippen molar-refractivity contribution in [3.63, 3.8) is 0 Å². The first-order valence-corrected chi connectivity index (χ1v) is 14.3. The van der Waals surface area contributed by atoms with Crippen molar-refractivity contribution in [1.82, 2.24) is 20.6 Å². The van der Waals surface area contributed by atoms with E-state index in [0.717, 1.165) is 23.0 Å². The highest BCUT2D eigenvalue weighted by Gasteiger charge is 2.31. The summed E-state index contributed by atoms with van der Waals surface area (Å²) in [4.78, 5) is 30.4. The number of nitrogens with one attached hydrogen (secondary N) is 4. The predicted molar refractivity (Wildman–Crippen MR) is 141 cm³/mol. The Morgan fingerprint density at radius 2 is 1.77 bits per heavy atom. The number of halogens is 4. The van der Waals surface area contributed by atoms with Gasteiger partial charge in [0.15, 0.2) is 0 Å². The minimum atomic E-state index is -4.57. The van der Waals surface area contributed by atoms with Crippen LogP contribution in [-0.2, 0) is 38.8 Å². The van der Waals surface area contributed by atoms with E-state index in [9.17, 15) is 31.2 Å². The van der Waals surface area contributed by atoms with Gasteiger partial charge in [-0.2, -0.15) is 13.2 Å². The Balaban J connectivity index is 1.37. The number of thiophene rings is 1. The second-order valence-electron chi connectivity index (χ2n) is 8.22. The van der Waals surface area contributed by atoms with E-state index in [0.29, 0.717) is 23.9 Å². The summed E-state index contributed by atoms with van der Waals surface area (Å²) in [5, 5.41) is 5.26. The highest BCUT2D eigenvalue weighted by Crippen LogP contribution is 2.32. The Hall–Kier alpha value is -3.20. The molecular weight excluding hydrogens is 579 g/mol. The number of alkyl halides is 3. The average Bonchev–Trinajstić information content (AvgIpc) is 3.38. The number of carbonyl (C=O) groups excluding carboxylic acids is 2. The summed E-state index contributed by atoms with van der Waals surface area (Å²) in [6.07, 6.45) is -2.89. The van der Waals surface area contributed by atoms with E-state index in [-0.39, 0.29) is 46.9 Å². The lowest BCUT2D eigenvalue weighted by Crippen LogP contribution is -2.41. The molecule has 4 N–H and O–H groups in total. The second-order valence-corrected chi connectivity index (χ2v) is 11.7. The fourth-order valence-electron chi connectivity index (χ4n) is 3.19. The van der Waals surface area contributed by atoms with E-state index in [1.165, 1.54) is 6.07 Å². The Morgan fingerprint density at radius 3 is 2.46 bits per heavy atom. The van der Waals surface area contributed by atoms with Crippen molar-refractivity contribution >= 4 is 50.6 Å². The molecule has 0 aliphatic carbocycles. The van der Waals surface area contributed by atoms with Crippen molar-refractivity contribution in [2.75, 3.05) is 11.9 Å². The molecule has 0 unspecified atom stereocenters. The number of rotatable bonds is 13. The molecule has 2 aromatic heterocycles. The Bertz CT molecular complexity index is 1390. The SMILES string of the molecule is O=C(CCc1ccccc1)NCc1ccc(S(=O)(=O)NNC(=O)CCCNc2ncc(C(F)(F)F)cc2Cl)s1. The zero-order valence-corrected chi connectivity index (χ0v) is 22.7. The highest BCUT2D eigenvalue weighted by molar-refractivity contribution is 7.91. The zero-order valence-electron chi connectivity index (χ0n) is 20.3. The maximum absolute atomic E-state index is 12.7. The number of sulfonamides is 1. The first-order valence-electron chi connectivity index (χ1n) is 11.6. The van der Waals surface area contributed by atoms with Gasteiger partial charge in [0.05, 0.1) is 17.1 Å². The van der Waals surface area contributed by atoms with Gasteiger partial charge in [0.25, 0.3) is 10.0 Å². The summed E-state index contributed by atoms with van der Waals surface area (Å²) in [5.74, 6) is -0.742. The minimum Gasteiger partial charge on any atom is -0.369 e. The lowest BCUT2D eigenvalue weighted by molar-refractivity contribution is -0.137. The van der Waals surface area contributed by atoms with Crippen LogP contribution in [0.25, 0.3) is 0 Å². The number of hydrogen-bond donors (Lipinski definition) is 4. The van der Waals surface area contributed by atoms with Crippen molar-refractivity contribution in [2.24, 2.45) is 0 Å². The zero-order chi connectivity index (χ0) is 28.5. The number of nitrogens with zero attached hydrogens (tertiary/aromatic N) is 1. The van der Waals surface area contributed by atoms with E-state index in [2.05, 4.69) is 21.0 Å². The second kappa shape index (κ2) is 13.7. The standard InChI is InChI=1S/C24H25ClF3N5O4S2/c25-19-13-17(24(26,27)28)14-31-23(19)29-12-4-7-21(35)32-33-39(36,37)22-11-9-18(38-22)15-30-20(34)10-8-16-5-2-1-3-6-16/h1-3,5-6,9,11,13-14,33H,4,7-8,10,12,15H2,(H,29,31)(H,30,34)(H,32,35). The molecule has 0 saturated carbocycles. The molecule has 0 aliphatic rings. The first kappa shape index (κ1) is 30.3. The van der Waals surface area contributed by atoms with Crippen LogP contribution < -0.4 is 20.9 Å². The molecule has 15 heteroatoms. The molecule has 9 nitrogen and oxygen atoms in total. The van der Waals surface area contributed by atoms with Gasteiger partial charge in [-0.1, -0.05) is 41.9 Å². The number of aryl methyl sites for hydroxylation is 1. The van der Waals surface area contributed by atoms with Crippen molar-refractivity contribution in [3.8, 4) is 0 Å². The van der Waals surface area contributed by atoms with Gasteiger partial charge in [-0.15, -0.1) is 16.2 Å². The molecule has 1 aromatic carbocycles. The lowest BCUT2D eigenvalue weighted by atomic mass is 10.1. The number of carbonyl (C=O) groups is 2. The minimum absolute atomic E-state index is 0.0339. The van der Waals surface area contributed by atoms with Crippen LogP contribution in [0.5, 0.6) is 0 Å². The van der Waals surface area contributed by atoms with Crippen LogP contribution in [-0.4, -0.2) is 31.8 Å². The third-order valence-electron chi connectivity index (χ3n) is 5.21. The molecule has 2 amide bonds. The summed E-state index contributed by atoms with van der Waals surface area (Å²) in [5.41, 5.74) is 2.18. The van der Waals surface area contributed by atoms with Crippen molar-refractivity contribution in [2.45, 2.75) is 42.6 Å². The van der Waals surface area contributed by atoms with E-state index in [1.807, 2.05) is 35.2 Å². The first-order chi connectivity index (χ1) is 18.4. The number of anilines is 1. The Morgan fingerprint density at radius 1 is 1.03 bits per heavy atom. The normalized spacial score (nSPS) is 11.7. The molecule has 0 spiro atoms. The van der Waals surface area contributed by atoms with Crippen LogP contribution >= 0.6 is 22.9 Å². The fraction of sp³-hybridized carbons (Fsp3) is 0.292. The van der Waals surface area contributed by atoms with Crippen LogP contribution in [0.3, 0.4) is 0 Å². The van der Waals surface area contributed by atoms with E-state index >= 15 is 0 Å². The number of hydrazine groups is 1. The molecule has 0 atom stereocenters. The quantitative estimate of drug-likeness (QED) is 0.171. The number of amides is 2. The lowest BCUT2D eigenvalue weighted by Gasteiger charge is -2.11. The van der Waals surface area contributed by atoms with E-state index in [1.54, 1.807) is 6.07 Å². The molecule has 2 heterocycles. The van der Waals surface area contributed by atoms with Crippen molar-refractivity contribution in [3.05, 3.63) is 75.8 Å². The van der Waals surface area contributed by atoms with Gasteiger partial charge in [0.1, 0.15) is 10.0 Å². The van der Waals surface area contributed by atoms with Gasteiger partial charge in [0, 0.05) is 30.5 Å². The smallest absolute Gasteiger partial charge is 0.369 e. The summed E-state index contributed by atoms with van der Waals surface area (Å²) in [6, 6.07) is 13.3. The van der Waals surface area contributed by atoms with Gasteiger partial charge in [0.2, 0.25) is 11.8 Å². The summed E-state index contributed by atoms with van der Waals surface area (Å²) >= 11 is 6.76. The van der Waals surface area contributed by atoms with Crippen molar-refractivity contribution in [1.29, 1.82) is 0 Å². The van der Waals surface area contributed by atoms with Crippen LogP contribution in [0.1, 0.15) is 35.3 Å². The number of aromatic nitrogens is 1. The largest absolute Gasteiger partial charge is 0.417 e. The molecule has 210 valence electrons. The highest BCUT2D eigenvalue weighted by atomic mass is 35.5. The molecular formula is C24H25ClF3N5O4S2. The predicted octanol–water partition coefficient (Wildman–Crippen LogP) is 4.27. The number of pyridine rings is 1. The molecule has 39 heavy (non-hydrogen) atoms. The average molecular weight is 604 g/mol. The molecule has 0 fully saturated rings. The van der Waals surface area contributed by atoms with Gasteiger partial charge in [-0.25, -0.2) is 13.4 Å². The summed E-state index contributed by atoms with van der Waals surface area (Å²) in [6.45, 7) is 0.328. The topological polar surface area (TPSA) is 129 Å². The maximum Gasteiger partial charge on any atom is 0.417 e. The van der Waals surface area contributed by atoms with E-state index in [4.69, 9.17) is 11.6 Å². The van der Waals surface area contributed by atoms with Crippen molar-refractivity contribution < 1.29 is 31.2 Å². The Labute approximate surface area is 232 Å². The third kappa shape index (κ3) is 9.80. The summed E-state index contributed by atoms with van der Waals surface area (Å²) in [7, 11) is -4.03.